The summed E-state index contributed by atoms with van der Waals surface area (Å²) in [5.41, 5.74) is 0. The van der Waals surface area contributed by atoms with Gasteiger partial charge in [0, 0.05) is 13.0 Å². The first-order valence-corrected chi connectivity index (χ1v) is 18.9. The minimum absolute atomic E-state index is 0.174. The Hall–Kier alpha value is -1.13. The van der Waals surface area contributed by atoms with Gasteiger partial charge in [-0.25, -0.2) is 0 Å². The highest BCUT2D eigenvalue weighted by molar-refractivity contribution is 5.69. The molecule has 0 saturated heterocycles. The number of aliphatic hydroxyl groups is 1. The lowest BCUT2D eigenvalue weighted by Gasteiger charge is -2.15. The molecule has 1 unspecified atom stereocenters. The second-order valence-electron chi connectivity index (χ2n) is 12.7. The van der Waals surface area contributed by atoms with Crippen molar-refractivity contribution in [1.82, 2.24) is 0 Å². The molecule has 0 aliphatic carbocycles. The summed E-state index contributed by atoms with van der Waals surface area (Å²) >= 11 is 0. The summed E-state index contributed by atoms with van der Waals surface area (Å²) in [7, 11) is 0. The summed E-state index contributed by atoms with van der Waals surface area (Å²) in [6.07, 6.45) is 43.6. The SMILES string of the molecule is CCCCC/C=C/C/C=C/CCCCCCCC(=O)OC(CO)COCCCCCCCCCCCCCCCCCC. The minimum atomic E-state index is -0.536. The van der Waals surface area contributed by atoms with Gasteiger partial charge >= 0.3 is 5.97 Å². The van der Waals surface area contributed by atoms with Gasteiger partial charge in [0.2, 0.25) is 0 Å². The Labute approximate surface area is 268 Å². The Balaban J connectivity index is 3.44. The van der Waals surface area contributed by atoms with Gasteiger partial charge in [0.15, 0.2) is 0 Å². The molecule has 0 fully saturated rings. The number of unbranched alkanes of at least 4 members (excludes halogenated alkanes) is 23. The van der Waals surface area contributed by atoms with Gasteiger partial charge in [0.1, 0.15) is 6.10 Å². The van der Waals surface area contributed by atoms with Gasteiger partial charge in [-0.2, -0.15) is 0 Å². The Morgan fingerprint density at radius 3 is 1.49 bits per heavy atom. The molecule has 0 aliphatic heterocycles. The molecule has 0 spiro atoms. The lowest BCUT2D eigenvalue weighted by Crippen LogP contribution is -2.27. The van der Waals surface area contributed by atoms with E-state index in [1.807, 2.05) is 0 Å². The highest BCUT2D eigenvalue weighted by Crippen LogP contribution is 2.14. The smallest absolute Gasteiger partial charge is 0.306 e. The second kappa shape index (κ2) is 37.1. The molecule has 0 aromatic rings. The van der Waals surface area contributed by atoms with Crippen LogP contribution in [0.5, 0.6) is 0 Å². The first kappa shape index (κ1) is 41.9. The molecule has 0 rings (SSSR count). The maximum atomic E-state index is 12.1. The third kappa shape index (κ3) is 35.2. The maximum absolute atomic E-state index is 12.1. The molecule has 1 N–H and O–H groups in total. The Kier molecular flexibility index (Phi) is 36.1. The molecule has 0 aliphatic rings. The lowest BCUT2D eigenvalue weighted by molar-refractivity contribution is -0.154. The van der Waals surface area contributed by atoms with E-state index in [0.29, 0.717) is 19.6 Å². The summed E-state index contributed by atoms with van der Waals surface area (Å²) in [6, 6.07) is 0. The third-order valence-corrected chi connectivity index (χ3v) is 8.28. The molecule has 43 heavy (non-hydrogen) atoms. The van der Waals surface area contributed by atoms with Crippen molar-refractivity contribution < 1.29 is 19.4 Å². The molecule has 254 valence electrons. The molecule has 0 aromatic heterocycles. The molecule has 1 atom stereocenters. The Bertz CT molecular complexity index is 600. The normalized spacial score (nSPS) is 12.5. The minimum Gasteiger partial charge on any atom is -0.457 e. The zero-order valence-corrected chi connectivity index (χ0v) is 29.0. The highest BCUT2D eigenvalue weighted by atomic mass is 16.6. The number of allylic oxidation sites excluding steroid dienone is 4. The Morgan fingerprint density at radius 2 is 0.977 bits per heavy atom. The van der Waals surface area contributed by atoms with Gasteiger partial charge in [0.05, 0.1) is 13.2 Å². The highest BCUT2D eigenvalue weighted by Gasteiger charge is 2.13. The third-order valence-electron chi connectivity index (χ3n) is 8.28. The number of carbonyl (C=O) groups is 1. The van der Waals surface area contributed by atoms with Crippen LogP contribution < -0.4 is 0 Å². The predicted molar refractivity (Wildman–Crippen MR) is 187 cm³/mol. The van der Waals surface area contributed by atoms with E-state index in [9.17, 15) is 9.90 Å². The summed E-state index contributed by atoms with van der Waals surface area (Å²) in [5.74, 6) is -0.212. The standard InChI is InChI=1S/C39H74O4/c1-3-5-7-9-11-13-15-17-19-21-23-25-27-29-31-33-35-42-37-38(36-40)43-39(41)34-32-30-28-26-24-22-20-18-16-14-12-10-8-6-4-2/h12,14,18,20,38,40H,3-11,13,15-17,19,21-37H2,1-2H3/b14-12+,20-18+. The second-order valence-corrected chi connectivity index (χ2v) is 12.7. The largest absolute Gasteiger partial charge is 0.457 e. The first-order valence-electron chi connectivity index (χ1n) is 18.9. The average Bonchev–Trinajstić information content (AvgIpc) is 3.01. The van der Waals surface area contributed by atoms with Crippen LogP contribution in [0.2, 0.25) is 0 Å². The fourth-order valence-corrected chi connectivity index (χ4v) is 5.42. The number of hydrogen-bond donors (Lipinski definition) is 1. The van der Waals surface area contributed by atoms with E-state index in [0.717, 1.165) is 38.5 Å². The molecule has 0 amide bonds. The average molecular weight is 607 g/mol. The van der Waals surface area contributed by atoms with Gasteiger partial charge < -0.3 is 14.6 Å². The fourth-order valence-electron chi connectivity index (χ4n) is 5.42. The van der Waals surface area contributed by atoms with E-state index in [1.165, 1.54) is 135 Å². The van der Waals surface area contributed by atoms with Crippen LogP contribution in [-0.4, -0.2) is 37.0 Å². The van der Waals surface area contributed by atoms with Gasteiger partial charge in [-0.05, 0) is 44.9 Å². The van der Waals surface area contributed by atoms with Gasteiger partial charge in [-0.3, -0.25) is 4.79 Å². The van der Waals surface area contributed by atoms with Crippen molar-refractivity contribution in [2.75, 3.05) is 19.8 Å². The Morgan fingerprint density at radius 1 is 0.558 bits per heavy atom. The number of aliphatic hydroxyl groups excluding tert-OH is 1. The topological polar surface area (TPSA) is 55.8 Å². The van der Waals surface area contributed by atoms with Crippen molar-refractivity contribution in [3.63, 3.8) is 0 Å². The molecule has 0 bridgehead atoms. The molecule has 0 saturated carbocycles. The molecule has 4 nitrogen and oxygen atoms in total. The van der Waals surface area contributed by atoms with Gasteiger partial charge in [-0.1, -0.05) is 167 Å². The number of esters is 1. The summed E-state index contributed by atoms with van der Waals surface area (Å²) in [5, 5.41) is 9.56. The van der Waals surface area contributed by atoms with Crippen LogP contribution in [-0.2, 0) is 14.3 Å². The first-order chi connectivity index (χ1) is 21.2. The fraction of sp³-hybridized carbons (Fsp3) is 0.872. The van der Waals surface area contributed by atoms with E-state index >= 15 is 0 Å². The van der Waals surface area contributed by atoms with Crippen molar-refractivity contribution in [2.45, 2.75) is 200 Å². The van der Waals surface area contributed by atoms with E-state index in [-0.39, 0.29) is 12.6 Å². The van der Waals surface area contributed by atoms with Crippen LogP contribution in [0.25, 0.3) is 0 Å². The van der Waals surface area contributed by atoms with E-state index < -0.39 is 6.10 Å². The molecule has 0 heterocycles. The molecular weight excluding hydrogens is 532 g/mol. The van der Waals surface area contributed by atoms with Crippen molar-refractivity contribution >= 4 is 5.97 Å². The number of ether oxygens (including phenoxy) is 2. The van der Waals surface area contributed by atoms with E-state index in [4.69, 9.17) is 9.47 Å². The molecule has 4 heteroatoms. The number of rotatable bonds is 35. The van der Waals surface area contributed by atoms with Crippen molar-refractivity contribution in [1.29, 1.82) is 0 Å². The monoisotopic (exact) mass is 607 g/mol. The van der Waals surface area contributed by atoms with Crippen molar-refractivity contribution in [3.05, 3.63) is 24.3 Å². The predicted octanol–water partition coefficient (Wildman–Crippen LogP) is 12.0. The van der Waals surface area contributed by atoms with Crippen molar-refractivity contribution in [3.8, 4) is 0 Å². The lowest BCUT2D eigenvalue weighted by atomic mass is 10.0. The quantitative estimate of drug-likeness (QED) is 0.0443. The molecule has 0 aromatic carbocycles. The van der Waals surface area contributed by atoms with Gasteiger partial charge in [0.25, 0.3) is 0 Å². The number of carbonyl (C=O) groups excluding carboxylic acids is 1. The summed E-state index contributed by atoms with van der Waals surface area (Å²) < 4.78 is 11.1. The summed E-state index contributed by atoms with van der Waals surface area (Å²) in [6.45, 7) is 5.33. The van der Waals surface area contributed by atoms with Crippen LogP contribution in [0, 0.1) is 0 Å². The number of hydrogen-bond acceptors (Lipinski definition) is 4. The van der Waals surface area contributed by atoms with Crippen LogP contribution in [0.3, 0.4) is 0 Å². The van der Waals surface area contributed by atoms with E-state index in [2.05, 4.69) is 38.2 Å². The van der Waals surface area contributed by atoms with Crippen LogP contribution >= 0.6 is 0 Å². The van der Waals surface area contributed by atoms with Crippen LogP contribution in [0.15, 0.2) is 24.3 Å². The van der Waals surface area contributed by atoms with Crippen LogP contribution in [0.1, 0.15) is 194 Å². The van der Waals surface area contributed by atoms with Gasteiger partial charge in [-0.15, -0.1) is 0 Å². The van der Waals surface area contributed by atoms with Crippen molar-refractivity contribution in [2.24, 2.45) is 0 Å². The zero-order valence-electron chi connectivity index (χ0n) is 29.0. The zero-order chi connectivity index (χ0) is 31.3. The van der Waals surface area contributed by atoms with E-state index in [1.54, 1.807) is 0 Å². The van der Waals surface area contributed by atoms with Crippen LogP contribution in [0.4, 0.5) is 0 Å². The molecular formula is C39H74O4. The maximum Gasteiger partial charge on any atom is 0.306 e. The summed E-state index contributed by atoms with van der Waals surface area (Å²) in [4.78, 5) is 12.1. The molecule has 0 radical (unpaired) electrons.